The number of aromatic nitrogens is 8. The second kappa shape index (κ2) is 40.5. The van der Waals surface area contributed by atoms with Crippen LogP contribution in [-0.4, -0.2) is 141 Å². The second-order valence-electron chi connectivity index (χ2n) is 33.1. The third-order valence-corrected chi connectivity index (χ3v) is 24.7. The zero-order valence-corrected chi connectivity index (χ0v) is 75.8. The molecule has 0 aliphatic carbocycles. The Hall–Kier alpha value is -13.4. The highest BCUT2D eigenvalue weighted by Gasteiger charge is 2.48. The van der Waals surface area contributed by atoms with Crippen LogP contribution >= 0.6 is 0 Å². The first-order valence-corrected chi connectivity index (χ1v) is 45.1. The summed E-state index contributed by atoms with van der Waals surface area (Å²) in [4.78, 5) is 89.3. The first-order chi connectivity index (χ1) is 61.1. The van der Waals surface area contributed by atoms with Crippen molar-refractivity contribution in [2.45, 2.75) is 187 Å². The zero-order valence-electron chi connectivity index (χ0n) is 74.2. The highest BCUT2D eigenvalue weighted by atomic mass is 32.2. The summed E-state index contributed by atoms with van der Waals surface area (Å²) >= 11 is 0. The summed E-state index contributed by atoms with van der Waals surface area (Å²) in [5, 5.41) is 3.66. The lowest BCUT2D eigenvalue weighted by Crippen LogP contribution is -2.32. The van der Waals surface area contributed by atoms with Crippen molar-refractivity contribution in [2.75, 3.05) is 47.4 Å². The number of H-pyrrole nitrogens is 2. The number of anilines is 4. The summed E-state index contributed by atoms with van der Waals surface area (Å²) in [6, 6.07) is 42.2. The van der Waals surface area contributed by atoms with E-state index in [1.807, 2.05) is 60.7 Å². The van der Waals surface area contributed by atoms with Crippen LogP contribution in [0.5, 0.6) is 11.8 Å². The molecule has 1 saturated heterocycles. The Morgan fingerprint density at radius 1 is 0.570 bits per heavy atom. The molecule has 10 aromatic rings. The lowest BCUT2D eigenvalue weighted by atomic mass is 9.77. The Labute approximate surface area is 747 Å². The Kier molecular flexibility index (Phi) is 29.6. The number of benzene rings is 6. The van der Waals surface area contributed by atoms with Crippen LogP contribution in [0.2, 0.25) is 0 Å². The summed E-state index contributed by atoms with van der Waals surface area (Å²) in [7, 11) is -7.54. The van der Waals surface area contributed by atoms with Crippen molar-refractivity contribution in [3.63, 3.8) is 0 Å². The van der Waals surface area contributed by atoms with E-state index >= 15 is 0 Å². The van der Waals surface area contributed by atoms with Gasteiger partial charge in [0.1, 0.15) is 37.3 Å². The molecule has 0 radical (unpaired) electrons. The quantitative estimate of drug-likeness (QED) is 0.00990. The number of hydrogen-bond acceptors (Lipinski definition) is 23. The molecule has 5 aliphatic heterocycles. The smallest absolute Gasteiger partial charge is 0.425 e. The number of fused-ring (bicyclic) bond motifs is 6. The van der Waals surface area contributed by atoms with Gasteiger partial charge in [0.15, 0.2) is 22.7 Å². The molecule has 1 fully saturated rings. The molecule has 32 heteroatoms. The number of carbonyl (C=O) groups excluding carboxylic acids is 4. The van der Waals surface area contributed by atoms with Gasteiger partial charge in [-0.3, -0.25) is 18.9 Å². The Balaban J connectivity index is 0.000000189. The summed E-state index contributed by atoms with van der Waals surface area (Å²) in [5.74, 6) is -0.628. The molecule has 2 unspecified atom stereocenters. The number of allylic oxidation sites excluding steroid dienone is 12. The lowest BCUT2D eigenvalue weighted by molar-refractivity contribution is -0.433. The molecule has 0 bridgehead atoms. The second-order valence-corrected chi connectivity index (χ2v) is 34.9. The van der Waals surface area contributed by atoms with Gasteiger partial charge in [0.25, 0.3) is 21.9 Å². The number of hydrogen-bond donors (Lipinski definition) is 7. The van der Waals surface area contributed by atoms with Gasteiger partial charge < -0.3 is 56.6 Å². The molecule has 10 N–H and O–H groups in total. The van der Waals surface area contributed by atoms with Crippen LogP contribution in [0.3, 0.4) is 0 Å². The number of likely N-dealkylation sites (N-methyl/N-ethyl adjacent to an activating group) is 2. The zero-order chi connectivity index (χ0) is 92.0. The van der Waals surface area contributed by atoms with Crippen LogP contribution in [0, 0.1) is 13.8 Å². The molecular weight excluding hydrogens is 1660 g/mol. The predicted molar refractivity (Wildman–Crippen MR) is 494 cm³/mol. The third-order valence-electron chi connectivity index (χ3n) is 23.9. The van der Waals surface area contributed by atoms with Crippen LogP contribution in [0.15, 0.2) is 217 Å². The average molecular weight is 1780 g/mol. The van der Waals surface area contributed by atoms with Gasteiger partial charge in [-0.25, -0.2) is 14.8 Å². The van der Waals surface area contributed by atoms with Crippen LogP contribution in [-0.2, 0) is 92.7 Å². The van der Waals surface area contributed by atoms with Crippen LogP contribution in [0.1, 0.15) is 176 Å². The maximum Gasteiger partial charge on any atom is 0.425 e. The first-order valence-electron chi connectivity index (χ1n) is 42.7. The topological polar surface area (TPSA) is 416 Å². The highest BCUT2D eigenvalue weighted by Crippen LogP contribution is 2.53. The summed E-state index contributed by atoms with van der Waals surface area (Å²) < 4.78 is 76.3. The van der Waals surface area contributed by atoms with Gasteiger partial charge in [-0.05, 0) is 191 Å². The summed E-state index contributed by atoms with van der Waals surface area (Å²) in [6.45, 7) is 31.1. The number of nitrogen functional groups attached to an aromatic ring is 2. The molecule has 9 heterocycles. The van der Waals surface area contributed by atoms with Crippen LogP contribution in [0.4, 0.5) is 34.6 Å². The number of amides is 3. The van der Waals surface area contributed by atoms with Crippen molar-refractivity contribution >= 4 is 113 Å². The fourth-order valence-electron chi connectivity index (χ4n) is 17.4. The van der Waals surface area contributed by atoms with E-state index in [1.54, 1.807) is 12.1 Å². The van der Waals surface area contributed by atoms with E-state index in [2.05, 4.69) is 256 Å². The van der Waals surface area contributed by atoms with Gasteiger partial charge in [-0.15, -0.1) is 17.7 Å². The fourth-order valence-corrected chi connectivity index (χ4v) is 17.9. The van der Waals surface area contributed by atoms with E-state index in [0.717, 1.165) is 58.8 Å². The predicted octanol–water partition coefficient (Wildman–Crippen LogP) is 14.7. The minimum absolute atomic E-state index is 0.0774. The van der Waals surface area contributed by atoms with Crippen molar-refractivity contribution in [3.8, 4) is 11.8 Å². The number of imide groups is 1. The van der Waals surface area contributed by atoms with Gasteiger partial charge >= 0.3 is 16.6 Å². The van der Waals surface area contributed by atoms with Crippen molar-refractivity contribution < 1.29 is 68.2 Å². The molecule has 5 aliphatic rings. The van der Waals surface area contributed by atoms with Crippen molar-refractivity contribution in [1.82, 2.24) is 50.3 Å². The highest BCUT2D eigenvalue weighted by molar-refractivity contribution is 7.85. The molecule has 6 aromatic carbocycles. The number of ether oxygens (including phenoxy) is 2. The number of rotatable bonds is 29. The largest absolute Gasteiger partial charge is 0.471 e. The SMILES string of the molecule is CCN1/C(=C/C=C/C=C/C2=[N+](CC)c3ccc(C)cc3C2(C)C)C(C)(CCCC(=O)NCc2ccc(COc3nc(N)nc4nc[nH]c34)cc2)c2cc(S(=O)(=O)O)ccc21.CCN1/C(=C/C=C/C=C/C2=[N+](CC)c3ccc(C)cc3C2(C)C)C(C)(CCCC(=O)ON2C(=O)CCC2=O)c2ccccc21.NCc1ccc(COc2nc(N)nc3nc[nH]c23)cc1.O=S(=O)=O. The van der Waals surface area contributed by atoms with E-state index in [1.165, 1.54) is 80.7 Å². The third kappa shape index (κ3) is 21.0. The number of para-hydroxylation sites is 1. The Morgan fingerprint density at radius 2 is 1.02 bits per heavy atom. The minimum atomic E-state index is -4.43. The van der Waals surface area contributed by atoms with Gasteiger partial charge in [0, 0.05) is 121 Å². The number of imidazole rings is 2. The molecule has 668 valence electrons. The number of nitrogens with two attached hydrogens (primary N) is 3. The minimum Gasteiger partial charge on any atom is -0.471 e. The Bertz CT molecular complexity index is 6350. The number of aromatic amines is 2. The van der Waals surface area contributed by atoms with Crippen molar-refractivity contribution in [1.29, 1.82) is 0 Å². The van der Waals surface area contributed by atoms with Crippen molar-refractivity contribution in [3.05, 3.63) is 268 Å². The van der Waals surface area contributed by atoms with Crippen molar-refractivity contribution in [2.24, 2.45) is 5.73 Å². The van der Waals surface area contributed by atoms with Gasteiger partial charge in [-0.2, -0.15) is 37.5 Å². The Morgan fingerprint density at radius 3 is 1.49 bits per heavy atom. The molecule has 0 spiro atoms. The lowest BCUT2D eigenvalue weighted by Gasteiger charge is -2.30. The molecule has 2 atom stereocenters. The summed E-state index contributed by atoms with van der Waals surface area (Å²) in [6.07, 6.45) is 27.1. The summed E-state index contributed by atoms with van der Waals surface area (Å²) in [5.41, 5.74) is 38.4. The van der Waals surface area contributed by atoms with E-state index in [-0.39, 0.29) is 71.2 Å². The van der Waals surface area contributed by atoms with Gasteiger partial charge in [0.2, 0.25) is 40.9 Å². The van der Waals surface area contributed by atoms with Gasteiger partial charge in [0.05, 0.1) is 28.4 Å². The number of hydroxylamine groups is 2. The normalized spacial score (nSPS) is 17.8. The number of nitrogens with one attached hydrogen (secondary N) is 3. The first kappa shape index (κ1) is 93.7. The van der Waals surface area contributed by atoms with E-state index in [0.29, 0.717) is 91.1 Å². The van der Waals surface area contributed by atoms with E-state index < -0.39 is 43.9 Å². The average Bonchev–Trinajstić information content (AvgIpc) is 1.62. The fraction of sp³-hybridized carbons (Fsp3) is 0.333. The molecule has 0 saturated carbocycles. The molecule has 128 heavy (non-hydrogen) atoms. The standard InChI is InChI=1S/C46H52N8O5S.C37H44N3O4.C13H14N6O.O3S/c1-7-53-36-22-16-30(3)25-34(36)45(4,5)38(53)13-10-9-11-14-39-46(6,35-26-33(60(56,57)58)21-23-37(35)54(39)8-2)24-12-15-40(55)48-27-31-17-19-32(20-18-31)28-59-43-41-42(50-29-49-41)51-44(47)52-43;1-7-38-30-21-20-26(3)25-28(30)36(4,5)31(38)17-10-9-11-18-32-37(6,27-15-12-13-16-29(27)39(32)8-2)24-14-19-35(43)44-40-33(41)22-23-34(40)42;14-5-8-1-3-9(4-2-8)6-20-12-10-11(17-7-16-10)18-13(15)19-12;1-4(2)3/h9-11,13-14,16-23,25-26,29H,7-8,12,15,24,27-28H2,1-6H3,(H4-,47,48,49,50,51,52,55,56,57,58);9-13,15-18,20-21,25H,7-8,14,19,22-24H2,1-6H3;1-4,7H,5-6,14H2,(H3,15,16,17,18,19);/q;+1;;/p+1. The van der Waals surface area contributed by atoms with Crippen LogP contribution in [0.25, 0.3) is 22.3 Å². The number of carbonyl (C=O) groups is 4. The maximum atomic E-state index is 13.2. The molecule has 3 amide bonds. The number of nitrogens with zero attached hydrogens (tertiary/aromatic N) is 11. The maximum absolute atomic E-state index is 13.2. The molecule has 30 nitrogen and oxygen atoms in total. The molecule has 15 rings (SSSR count). The van der Waals surface area contributed by atoms with Crippen LogP contribution < -0.4 is 41.8 Å². The van der Waals surface area contributed by atoms with Gasteiger partial charge in [-0.1, -0.05) is 126 Å². The van der Waals surface area contributed by atoms with E-state index in [9.17, 15) is 32.1 Å². The molecule has 4 aromatic heterocycles. The van der Waals surface area contributed by atoms with E-state index in [4.69, 9.17) is 44.1 Å². The molecular formula is C96H111N17O13S2+2. The number of aryl methyl sites for hydroxylation is 2. The monoisotopic (exact) mass is 1770 g/mol.